The summed E-state index contributed by atoms with van der Waals surface area (Å²) in [4.78, 5) is 19.5. The van der Waals surface area contributed by atoms with E-state index in [1.807, 2.05) is 38.6 Å². The van der Waals surface area contributed by atoms with Crippen LogP contribution in [0.5, 0.6) is 0 Å². The normalized spacial score (nSPS) is 10.9. The number of rotatable bonds is 4. The second-order valence-electron chi connectivity index (χ2n) is 4.78. The number of aryl methyl sites for hydroxylation is 4. The highest BCUT2D eigenvalue weighted by Crippen LogP contribution is 2.18. The van der Waals surface area contributed by atoms with Gasteiger partial charge < -0.3 is 9.55 Å². The second-order valence-corrected chi connectivity index (χ2v) is 4.78. The van der Waals surface area contributed by atoms with Crippen molar-refractivity contribution in [3.8, 4) is 0 Å². The van der Waals surface area contributed by atoms with Crippen LogP contribution in [0.3, 0.4) is 0 Å². The lowest BCUT2D eigenvalue weighted by atomic mass is 10.0. The molecule has 0 radical (unpaired) electrons. The molecule has 1 N–H and O–H groups in total. The fourth-order valence-electron chi connectivity index (χ4n) is 2.33. The van der Waals surface area contributed by atoms with Gasteiger partial charge in [0.2, 0.25) is 0 Å². The number of hydrogen-bond donors (Lipinski definition) is 1. The maximum atomic E-state index is 12.3. The number of carbonyl (C=O) groups is 1. The molecule has 2 rings (SSSR count). The summed E-state index contributed by atoms with van der Waals surface area (Å²) in [5, 5.41) is 0. The summed E-state index contributed by atoms with van der Waals surface area (Å²) in [6.45, 7) is 5.95. The summed E-state index contributed by atoms with van der Waals surface area (Å²) in [5.74, 6) is 0.202. The fraction of sp³-hybridized carbons (Fsp3) is 0.429. The Kier molecular flexibility index (Phi) is 3.36. The monoisotopic (exact) mass is 245 g/mol. The van der Waals surface area contributed by atoms with Crippen molar-refractivity contribution in [2.75, 3.05) is 0 Å². The molecule has 0 spiro atoms. The SMILES string of the molecule is Cc1cn(C)c(C)c1C(=O)CCc1nc[nH]c1C. The van der Waals surface area contributed by atoms with Crippen LogP contribution >= 0.6 is 0 Å². The minimum absolute atomic E-state index is 0.202. The highest BCUT2D eigenvalue weighted by molar-refractivity contribution is 5.98. The first-order chi connectivity index (χ1) is 8.50. The number of nitrogens with zero attached hydrogens (tertiary/aromatic N) is 2. The van der Waals surface area contributed by atoms with Gasteiger partial charge in [0.05, 0.1) is 12.0 Å². The van der Waals surface area contributed by atoms with Gasteiger partial charge in [-0.05, 0) is 32.8 Å². The molecule has 0 aromatic carbocycles. The van der Waals surface area contributed by atoms with Crippen molar-refractivity contribution in [3.63, 3.8) is 0 Å². The van der Waals surface area contributed by atoms with Crippen LogP contribution in [0.1, 0.15) is 39.4 Å². The van der Waals surface area contributed by atoms with Gasteiger partial charge in [-0.1, -0.05) is 0 Å². The van der Waals surface area contributed by atoms with Crippen molar-refractivity contribution in [2.45, 2.75) is 33.6 Å². The lowest BCUT2D eigenvalue weighted by Crippen LogP contribution is -2.05. The lowest BCUT2D eigenvalue weighted by molar-refractivity contribution is 0.0981. The second kappa shape index (κ2) is 4.80. The van der Waals surface area contributed by atoms with Crippen molar-refractivity contribution in [3.05, 3.63) is 40.7 Å². The van der Waals surface area contributed by atoms with E-state index >= 15 is 0 Å². The predicted molar refractivity (Wildman–Crippen MR) is 70.9 cm³/mol. The first-order valence-corrected chi connectivity index (χ1v) is 6.15. The number of ketones is 1. The van der Waals surface area contributed by atoms with Crippen LogP contribution in [0.25, 0.3) is 0 Å². The number of hydrogen-bond acceptors (Lipinski definition) is 2. The molecule has 18 heavy (non-hydrogen) atoms. The molecule has 2 aromatic heterocycles. The molecule has 2 heterocycles. The number of carbonyl (C=O) groups excluding carboxylic acids is 1. The van der Waals surface area contributed by atoms with Crippen LogP contribution in [-0.2, 0) is 13.5 Å². The number of H-pyrrole nitrogens is 1. The zero-order chi connectivity index (χ0) is 13.3. The molecule has 0 amide bonds. The number of imidazole rings is 1. The first kappa shape index (κ1) is 12.6. The molecule has 4 nitrogen and oxygen atoms in total. The lowest BCUT2D eigenvalue weighted by Gasteiger charge is -2.03. The summed E-state index contributed by atoms with van der Waals surface area (Å²) in [6, 6.07) is 0. The van der Waals surface area contributed by atoms with Gasteiger partial charge in [0.1, 0.15) is 0 Å². The highest BCUT2D eigenvalue weighted by atomic mass is 16.1. The Bertz CT molecular complexity index is 578. The molecule has 2 aromatic rings. The average molecular weight is 245 g/mol. The van der Waals surface area contributed by atoms with Gasteiger partial charge in [-0.3, -0.25) is 4.79 Å². The Morgan fingerprint density at radius 3 is 2.61 bits per heavy atom. The quantitative estimate of drug-likeness (QED) is 0.841. The van der Waals surface area contributed by atoms with E-state index in [9.17, 15) is 4.79 Å². The Morgan fingerprint density at radius 1 is 1.39 bits per heavy atom. The zero-order valence-electron chi connectivity index (χ0n) is 11.4. The minimum Gasteiger partial charge on any atom is -0.354 e. The van der Waals surface area contributed by atoms with Crippen LogP contribution in [0.4, 0.5) is 0 Å². The molecule has 96 valence electrons. The fourth-order valence-corrected chi connectivity index (χ4v) is 2.33. The minimum atomic E-state index is 0.202. The number of nitrogens with one attached hydrogen (secondary N) is 1. The summed E-state index contributed by atoms with van der Waals surface area (Å²) in [6.07, 6.45) is 4.88. The highest BCUT2D eigenvalue weighted by Gasteiger charge is 2.16. The van der Waals surface area contributed by atoms with Gasteiger partial charge in [0.15, 0.2) is 5.78 Å². The maximum absolute atomic E-state index is 12.3. The zero-order valence-corrected chi connectivity index (χ0v) is 11.4. The number of Topliss-reactive ketones (excluding diaryl/α,β-unsaturated/α-hetero) is 1. The Labute approximate surface area is 107 Å². The van der Waals surface area contributed by atoms with Crippen molar-refractivity contribution < 1.29 is 4.79 Å². The van der Waals surface area contributed by atoms with Crippen LogP contribution in [0.15, 0.2) is 12.5 Å². The summed E-state index contributed by atoms with van der Waals surface area (Å²) < 4.78 is 2.00. The largest absolute Gasteiger partial charge is 0.354 e. The van der Waals surface area contributed by atoms with Crippen LogP contribution < -0.4 is 0 Å². The molecule has 0 aliphatic rings. The average Bonchev–Trinajstić information content (AvgIpc) is 2.81. The molecule has 0 saturated heterocycles. The summed E-state index contributed by atoms with van der Waals surface area (Å²) in [7, 11) is 1.97. The van der Waals surface area contributed by atoms with E-state index in [2.05, 4.69) is 9.97 Å². The van der Waals surface area contributed by atoms with Gasteiger partial charge in [-0.2, -0.15) is 0 Å². The summed E-state index contributed by atoms with van der Waals surface area (Å²) >= 11 is 0. The van der Waals surface area contributed by atoms with E-state index in [-0.39, 0.29) is 5.78 Å². The summed E-state index contributed by atoms with van der Waals surface area (Å²) in [5.41, 5.74) is 4.99. The van der Waals surface area contributed by atoms with E-state index in [1.165, 1.54) is 0 Å². The molecule has 0 fully saturated rings. The third-order valence-corrected chi connectivity index (χ3v) is 3.47. The number of aromatic amines is 1. The molecular weight excluding hydrogens is 226 g/mol. The smallest absolute Gasteiger partial charge is 0.165 e. The van der Waals surface area contributed by atoms with Gasteiger partial charge in [-0.15, -0.1) is 0 Å². The predicted octanol–water partition coefficient (Wildman–Crippen LogP) is 2.49. The third-order valence-electron chi connectivity index (χ3n) is 3.47. The van der Waals surface area contributed by atoms with E-state index < -0.39 is 0 Å². The molecule has 0 aliphatic heterocycles. The van der Waals surface area contributed by atoms with Gasteiger partial charge >= 0.3 is 0 Å². The molecule has 0 saturated carbocycles. The van der Waals surface area contributed by atoms with Gasteiger partial charge in [-0.25, -0.2) is 4.98 Å². The Morgan fingerprint density at radius 2 is 2.11 bits per heavy atom. The van der Waals surface area contributed by atoms with E-state index in [0.29, 0.717) is 12.8 Å². The third kappa shape index (κ3) is 2.23. The van der Waals surface area contributed by atoms with E-state index in [4.69, 9.17) is 0 Å². The Hall–Kier alpha value is -1.84. The standard InChI is InChI=1S/C14H19N3O/c1-9-7-17(4)11(3)14(9)13(18)6-5-12-10(2)15-8-16-12/h7-8H,5-6H2,1-4H3,(H,15,16). The first-order valence-electron chi connectivity index (χ1n) is 6.15. The molecule has 0 aliphatic carbocycles. The molecule has 0 bridgehead atoms. The maximum Gasteiger partial charge on any atom is 0.165 e. The van der Waals surface area contributed by atoms with Gasteiger partial charge in [0.25, 0.3) is 0 Å². The van der Waals surface area contributed by atoms with Crippen molar-refractivity contribution in [1.29, 1.82) is 0 Å². The Balaban J connectivity index is 2.11. The topological polar surface area (TPSA) is 50.7 Å². The van der Waals surface area contributed by atoms with Crippen molar-refractivity contribution in [2.24, 2.45) is 7.05 Å². The van der Waals surface area contributed by atoms with E-state index in [0.717, 1.165) is 28.2 Å². The van der Waals surface area contributed by atoms with Gasteiger partial charge in [0, 0.05) is 36.6 Å². The number of aromatic nitrogens is 3. The van der Waals surface area contributed by atoms with E-state index in [1.54, 1.807) is 6.33 Å². The van der Waals surface area contributed by atoms with Crippen LogP contribution in [0.2, 0.25) is 0 Å². The van der Waals surface area contributed by atoms with Crippen molar-refractivity contribution >= 4 is 5.78 Å². The molecule has 4 heteroatoms. The molecule has 0 unspecified atom stereocenters. The van der Waals surface area contributed by atoms with Crippen LogP contribution in [0, 0.1) is 20.8 Å². The molecule has 0 atom stereocenters. The van der Waals surface area contributed by atoms with Crippen molar-refractivity contribution in [1.82, 2.24) is 14.5 Å². The van der Waals surface area contributed by atoms with Crippen LogP contribution in [-0.4, -0.2) is 20.3 Å². The molecular formula is C14H19N3O.